The van der Waals surface area contributed by atoms with E-state index in [-0.39, 0.29) is 5.91 Å². The third-order valence-electron chi connectivity index (χ3n) is 5.11. The Kier molecular flexibility index (Phi) is 4.95. The number of amides is 1. The molecule has 1 aliphatic carbocycles. The molecule has 0 saturated heterocycles. The van der Waals surface area contributed by atoms with Crippen LogP contribution in [0.1, 0.15) is 36.2 Å². The molecule has 3 heterocycles. The van der Waals surface area contributed by atoms with E-state index in [1.807, 2.05) is 11.0 Å². The summed E-state index contributed by atoms with van der Waals surface area (Å²) in [5, 5.41) is 7.23. The molecule has 0 saturated carbocycles. The van der Waals surface area contributed by atoms with E-state index in [0.717, 1.165) is 55.0 Å². The van der Waals surface area contributed by atoms with Gasteiger partial charge in [0, 0.05) is 37.6 Å². The van der Waals surface area contributed by atoms with E-state index < -0.39 is 0 Å². The highest BCUT2D eigenvalue weighted by Crippen LogP contribution is 2.24. The number of rotatable bonds is 5. The molecule has 0 radical (unpaired) electrons. The molecule has 136 valence electrons. The zero-order valence-electron chi connectivity index (χ0n) is 14.7. The van der Waals surface area contributed by atoms with Crippen LogP contribution in [0.2, 0.25) is 0 Å². The maximum absolute atomic E-state index is 12.6. The molecule has 1 N–H and O–H groups in total. The maximum Gasteiger partial charge on any atom is 0.223 e. The predicted octanol–water partition coefficient (Wildman–Crippen LogP) is 2.36. The summed E-state index contributed by atoms with van der Waals surface area (Å²) in [7, 11) is 0. The smallest absolute Gasteiger partial charge is 0.223 e. The molecule has 7 nitrogen and oxygen atoms in total. The molecule has 7 heteroatoms. The number of carbonyl (C=O) groups excluding carboxylic acids is 1. The van der Waals surface area contributed by atoms with Crippen molar-refractivity contribution in [3.8, 4) is 0 Å². The molecule has 2 aromatic heterocycles. The van der Waals surface area contributed by atoms with Gasteiger partial charge in [0.2, 0.25) is 5.91 Å². The fourth-order valence-electron chi connectivity index (χ4n) is 3.65. The van der Waals surface area contributed by atoms with E-state index in [1.165, 1.54) is 0 Å². The molecule has 0 spiro atoms. The number of aromatic nitrogens is 3. The molecule has 2 aromatic rings. The number of hydrogen-bond acceptors (Lipinski definition) is 6. The van der Waals surface area contributed by atoms with E-state index in [4.69, 9.17) is 4.52 Å². The Morgan fingerprint density at radius 2 is 2.23 bits per heavy atom. The van der Waals surface area contributed by atoms with Crippen LogP contribution in [0.4, 0.5) is 5.82 Å². The molecule has 0 bridgehead atoms. The van der Waals surface area contributed by atoms with Crippen molar-refractivity contribution in [3.63, 3.8) is 0 Å². The van der Waals surface area contributed by atoms with Gasteiger partial charge < -0.3 is 14.7 Å². The second-order valence-corrected chi connectivity index (χ2v) is 6.84. The Hall–Kier alpha value is -2.70. The lowest BCUT2D eigenvalue weighted by atomic mass is 10.0. The van der Waals surface area contributed by atoms with Crippen molar-refractivity contribution in [2.45, 2.75) is 38.6 Å². The summed E-state index contributed by atoms with van der Waals surface area (Å²) in [5.41, 5.74) is 2.96. The van der Waals surface area contributed by atoms with Crippen molar-refractivity contribution in [3.05, 3.63) is 47.8 Å². The number of fused-ring (bicyclic) bond motifs is 1. The molecular weight excluding hydrogens is 330 g/mol. The van der Waals surface area contributed by atoms with Crippen LogP contribution in [-0.2, 0) is 24.2 Å². The summed E-state index contributed by atoms with van der Waals surface area (Å²) in [6.45, 7) is 1.99. The van der Waals surface area contributed by atoms with Gasteiger partial charge in [0.05, 0.1) is 12.2 Å². The molecular formula is C19H23N5O2. The third-order valence-corrected chi connectivity index (χ3v) is 5.11. The van der Waals surface area contributed by atoms with Crippen LogP contribution < -0.4 is 5.32 Å². The Labute approximate surface area is 152 Å². The highest BCUT2D eigenvalue weighted by atomic mass is 16.5. The minimum atomic E-state index is 0.249. The van der Waals surface area contributed by atoms with Gasteiger partial charge >= 0.3 is 0 Å². The molecule has 1 amide bonds. The highest BCUT2D eigenvalue weighted by Gasteiger charge is 2.23. The van der Waals surface area contributed by atoms with Crippen molar-refractivity contribution in [2.75, 3.05) is 18.4 Å². The summed E-state index contributed by atoms with van der Waals surface area (Å²) >= 11 is 0. The fraction of sp³-hybridized carbons (Fsp3) is 0.474. The van der Waals surface area contributed by atoms with Gasteiger partial charge in [-0.3, -0.25) is 4.79 Å². The van der Waals surface area contributed by atoms with Crippen molar-refractivity contribution in [1.82, 2.24) is 20.0 Å². The van der Waals surface area contributed by atoms with Gasteiger partial charge in [0.15, 0.2) is 0 Å². The molecule has 26 heavy (non-hydrogen) atoms. The van der Waals surface area contributed by atoms with Crippen LogP contribution in [0.5, 0.6) is 0 Å². The summed E-state index contributed by atoms with van der Waals surface area (Å²) in [5.74, 6) is 1.48. The standard InChI is InChI=1S/C19H23N5O2/c25-18(11-14-3-1-2-4-14)24-8-5-16-17(6-9-24)21-13-22-19(16)20-12-15-7-10-26-23-15/h1,3,7,10,13-14H,2,4-6,8-9,11-12H2,(H,20,21,22)/t14-/m0/s1. The molecule has 0 aromatic carbocycles. The van der Waals surface area contributed by atoms with Crippen molar-refractivity contribution in [2.24, 2.45) is 5.92 Å². The highest BCUT2D eigenvalue weighted by molar-refractivity contribution is 5.77. The summed E-state index contributed by atoms with van der Waals surface area (Å²) in [6, 6.07) is 1.82. The Bertz CT molecular complexity index is 787. The SMILES string of the molecule is O=C(C[C@H]1C=CCC1)N1CCc2ncnc(NCc3ccon3)c2CC1. The molecule has 0 fully saturated rings. The molecule has 1 atom stereocenters. The van der Waals surface area contributed by atoms with Gasteiger partial charge in [0.25, 0.3) is 0 Å². The third kappa shape index (κ3) is 3.76. The van der Waals surface area contributed by atoms with E-state index in [0.29, 0.717) is 25.4 Å². The van der Waals surface area contributed by atoms with Crippen molar-refractivity contribution < 1.29 is 9.32 Å². The minimum Gasteiger partial charge on any atom is -0.364 e. The van der Waals surface area contributed by atoms with Crippen LogP contribution in [-0.4, -0.2) is 39.0 Å². The van der Waals surface area contributed by atoms with Gasteiger partial charge in [-0.2, -0.15) is 0 Å². The Balaban J connectivity index is 1.41. The normalized spacial score (nSPS) is 19.2. The Morgan fingerprint density at radius 3 is 3.04 bits per heavy atom. The average Bonchev–Trinajstić information content (AvgIpc) is 3.30. The number of carbonyl (C=O) groups is 1. The first-order chi connectivity index (χ1) is 12.8. The quantitative estimate of drug-likeness (QED) is 0.831. The summed E-state index contributed by atoms with van der Waals surface area (Å²) < 4.78 is 4.86. The van der Waals surface area contributed by atoms with Gasteiger partial charge in [-0.1, -0.05) is 17.3 Å². The maximum atomic E-state index is 12.6. The largest absolute Gasteiger partial charge is 0.364 e. The number of nitrogens with one attached hydrogen (secondary N) is 1. The van der Waals surface area contributed by atoms with Crippen LogP contribution in [0.25, 0.3) is 0 Å². The molecule has 1 aliphatic heterocycles. The molecule has 0 unspecified atom stereocenters. The second kappa shape index (κ2) is 7.68. The number of nitrogens with zero attached hydrogens (tertiary/aromatic N) is 4. The monoisotopic (exact) mass is 353 g/mol. The zero-order chi connectivity index (χ0) is 17.8. The Morgan fingerprint density at radius 1 is 1.31 bits per heavy atom. The minimum absolute atomic E-state index is 0.249. The number of allylic oxidation sites excluding steroid dienone is 2. The lowest BCUT2D eigenvalue weighted by molar-refractivity contribution is -0.131. The summed E-state index contributed by atoms with van der Waals surface area (Å²) in [6.07, 6.45) is 11.9. The second-order valence-electron chi connectivity index (χ2n) is 6.84. The van der Waals surface area contributed by atoms with Crippen molar-refractivity contribution >= 4 is 11.7 Å². The van der Waals surface area contributed by atoms with Crippen molar-refractivity contribution in [1.29, 1.82) is 0 Å². The van der Waals surface area contributed by atoms with E-state index >= 15 is 0 Å². The van der Waals surface area contributed by atoms with E-state index in [9.17, 15) is 4.79 Å². The first-order valence-corrected chi connectivity index (χ1v) is 9.20. The van der Waals surface area contributed by atoms with E-state index in [1.54, 1.807) is 12.6 Å². The fourth-order valence-corrected chi connectivity index (χ4v) is 3.65. The zero-order valence-corrected chi connectivity index (χ0v) is 14.7. The number of anilines is 1. The lowest BCUT2D eigenvalue weighted by Gasteiger charge is -2.21. The van der Waals surface area contributed by atoms with Gasteiger partial charge in [-0.15, -0.1) is 0 Å². The van der Waals surface area contributed by atoms with Crippen LogP contribution in [0.15, 0.2) is 35.3 Å². The van der Waals surface area contributed by atoms with E-state index in [2.05, 4.69) is 32.6 Å². The summed E-state index contributed by atoms with van der Waals surface area (Å²) in [4.78, 5) is 23.5. The van der Waals surface area contributed by atoms with Crippen LogP contribution in [0.3, 0.4) is 0 Å². The first-order valence-electron chi connectivity index (χ1n) is 9.20. The molecule has 4 rings (SSSR count). The average molecular weight is 353 g/mol. The topological polar surface area (TPSA) is 84.2 Å². The van der Waals surface area contributed by atoms with Crippen LogP contribution in [0, 0.1) is 5.92 Å². The van der Waals surface area contributed by atoms with Gasteiger partial charge in [-0.25, -0.2) is 9.97 Å². The van der Waals surface area contributed by atoms with Gasteiger partial charge in [0.1, 0.15) is 24.1 Å². The first kappa shape index (κ1) is 16.8. The predicted molar refractivity (Wildman–Crippen MR) is 96.3 cm³/mol. The lowest BCUT2D eigenvalue weighted by Crippen LogP contribution is -2.34. The van der Waals surface area contributed by atoms with Crippen LogP contribution >= 0.6 is 0 Å². The number of hydrogen-bond donors (Lipinski definition) is 1. The molecule has 2 aliphatic rings. The van der Waals surface area contributed by atoms with Gasteiger partial charge in [-0.05, 0) is 25.2 Å².